The van der Waals surface area contributed by atoms with Crippen LogP contribution in [-0.2, 0) is 11.2 Å². The number of non-ortho nitro benzene ring substituents is 1. The molecule has 0 amide bonds. The lowest BCUT2D eigenvalue weighted by atomic mass is 9.89. The number of carbonyl (C=O) groups is 1. The van der Waals surface area contributed by atoms with Crippen LogP contribution in [0.4, 0.5) is 5.69 Å². The molecule has 0 spiro atoms. The zero-order chi connectivity index (χ0) is 25.3. The van der Waals surface area contributed by atoms with Gasteiger partial charge in [0.15, 0.2) is 0 Å². The Hall–Kier alpha value is -2.17. The number of furan rings is 1. The Bertz CT molecular complexity index is 872. The zero-order valence-corrected chi connectivity index (χ0v) is 22.2. The Kier molecular flexibility index (Phi) is 14.4. The molecule has 0 radical (unpaired) electrons. The molecule has 0 aliphatic rings. The molecule has 196 valence electrons. The van der Waals surface area contributed by atoms with E-state index in [0.29, 0.717) is 11.4 Å². The second-order valence-corrected chi connectivity index (χ2v) is 10.2. The summed E-state index contributed by atoms with van der Waals surface area (Å²) < 4.78 is 5.86. The molecule has 5 nitrogen and oxygen atoms in total. The predicted octanol–water partition coefficient (Wildman–Crippen LogP) is 9.74. The fraction of sp³-hybridized carbons (Fsp3) is 0.700. The summed E-state index contributed by atoms with van der Waals surface area (Å²) in [6, 6.07) is 6.60. The first kappa shape index (κ1) is 29.1. The van der Waals surface area contributed by atoms with Crippen LogP contribution in [0.5, 0.6) is 0 Å². The summed E-state index contributed by atoms with van der Waals surface area (Å²) >= 11 is 0. The van der Waals surface area contributed by atoms with Gasteiger partial charge in [-0.05, 0) is 37.8 Å². The number of benzene rings is 1. The SMILES string of the molecule is CCCCCCCCCCCCCC(=O)C(CCCC)CCCc1cc2cc([N+](=O)[O-])ccc2o1. The van der Waals surface area contributed by atoms with E-state index >= 15 is 0 Å². The average molecular weight is 486 g/mol. The second-order valence-electron chi connectivity index (χ2n) is 10.2. The molecule has 0 aliphatic heterocycles. The molecule has 0 fully saturated rings. The molecule has 1 atom stereocenters. The van der Waals surface area contributed by atoms with Gasteiger partial charge in [0.05, 0.1) is 4.92 Å². The van der Waals surface area contributed by atoms with Gasteiger partial charge < -0.3 is 4.42 Å². The van der Waals surface area contributed by atoms with Crippen molar-refractivity contribution in [1.82, 2.24) is 0 Å². The van der Waals surface area contributed by atoms with E-state index in [-0.39, 0.29) is 16.5 Å². The maximum atomic E-state index is 12.9. The first-order valence-electron chi connectivity index (χ1n) is 14.2. The predicted molar refractivity (Wildman–Crippen MR) is 145 cm³/mol. The summed E-state index contributed by atoms with van der Waals surface area (Å²) in [4.78, 5) is 23.5. The number of hydrogen-bond acceptors (Lipinski definition) is 4. The number of nitrogens with zero attached hydrogens (tertiary/aromatic N) is 1. The molecule has 35 heavy (non-hydrogen) atoms. The summed E-state index contributed by atoms with van der Waals surface area (Å²) in [5, 5.41) is 11.8. The van der Waals surface area contributed by atoms with Gasteiger partial charge in [0.1, 0.15) is 17.1 Å². The van der Waals surface area contributed by atoms with Crippen LogP contribution < -0.4 is 0 Å². The molecule has 1 aromatic carbocycles. The van der Waals surface area contributed by atoms with Gasteiger partial charge >= 0.3 is 0 Å². The van der Waals surface area contributed by atoms with Crippen molar-refractivity contribution in [2.24, 2.45) is 5.92 Å². The number of unbranched alkanes of at least 4 members (excludes halogenated alkanes) is 11. The lowest BCUT2D eigenvalue weighted by molar-refractivity contribution is -0.384. The molecular weight excluding hydrogens is 438 g/mol. The Morgan fingerprint density at radius 2 is 1.43 bits per heavy atom. The van der Waals surface area contributed by atoms with E-state index in [0.717, 1.165) is 62.5 Å². The fourth-order valence-corrected chi connectivity index (χ4v) is 4.93. The number of nitro benzene ring substituents is 1. The molecule has 0 saturated heterocycles. The summed E-state index contributed by atoms with van der Waals surface area (Å²) in [7, 11) is 0. The largest absolute Gasteiger partial charge is 0.461 e. The van der Waals surface area contributed by atoms with Crippen molar-refractivity contribution >= 4 is 22.4 Å². The summed E-state index contributed by atoms with van der Waals surface area (Å²) in [5.41, 5.74) is 0.762. The zero-order valence-electron chi connectivity index (χ0n) is 22.2. The molecule has 0 N–H and O–H groups in total. The van der Waals surface area contributed by atoms with Crippen molar-refractivity contribution < 1.29 is 14.1 Å². The van der Waals surface area contributed by atoms with Gasteiger partial charge in [0.2, 0.25) is 0 Å². The maximum absolute atomic E-state index is 12.9. The normalized spacial score (nSPS) is 12.3. The third kappa shape index (κ3) is 11.4. The summed E-state index contributed by atoms with van der Waals surface area (Å²) in [6.45, 7) is 4.44. The number of ketones is 1. The van der Waals surface area contributed by atoms with Gasteiger partial charge in [0.25, 0.3) is 5.69 Å². The maximum Gasteiger partial charge on any atom is 0.270 e. The third-order valence-electron chi connectivity index (χ3n) is 7.13. The van der Waals surface area contributed by atoms with Crippen molar-refractivity contribution in [3.8, 4) is 0 Å². The molecule has 1 heterocycles. The quantitative estimate of drug-likeness (QED) is 0.100. The minimum absolute atomic E-state index is 0.0810. The van der Waals surface area contributed by atoms with Crippen molar-refractivity contribution in [2.45, 2.75) is 129 Å². The first-order valence-corrected chi connectivity index (χ1v) is 14.2. The van der Waals surface area contributed by atoms with Crippen LogP contribution in [0.25, 0.3) is 11.0 Å². The smallest absolute Gasteiger partial charge is 0.270 e. The molecule has 0 aliphatic carbocycles. The first-order chi connectivity index (χ1) is 17.0. The highest BCUT2D eigenvalue weighted by Crippen LogP contribution is 2.26. The van der Waals surface area contributed by atoms with E-state index in [1.54, 1.807) is 12.1 Å². The number of nitro groups is 1. The Labute approximate surface area is 212 Å². The van der Waals surface area contributed by atoms with E-state index in [9.17, 15) is 14.9 Å². The lowest BCUT2D eigenvalue weighted by Gasteiger charge is -2.15. The molecule has 1 unspecified atom stereocenters. The topological polar surface area (TPSA) is 73.3 Å². The van der Waals surface area contributed by atoms with Gasteiger partial charge in [-0.2, -0.15) is 0 Å². The molecule has 1 aromatic heterocycles. The molecule has 2 rings (SSSR count). The number of Topliss-reactive ketones (excluding diaryl/α,β-unsaturated/α-hetero) is 1. The number of carbonyl (C=O) groups excluding carboxylic acids is 1. The Morgan fingerprint density at radius 1 is 0.829 bits per heavy atom. The number of aryl methyl sites for hydroxylation is 1. The van der Waals surface area contributed by atoms with Crippen LogP contribution in [-0.4, -0.2) is 10.7 Å². The highest BCUT2D eigenvalue weighted by molar-refractivity contribution is 5.81. The molecule has 0 saturated carbocycles. The van der Waals surface area contributed by atoms with Gasteiger partial charge in [-0.25, -0.2) is 0 Å². The van der Waals surface area contributed by atoms with Gasteiger partial charge in [-0.1, -0.05) is 90.9 Å². The minimum atomic E-state index is -0.383. The number of hydrogen-bond donors (Lipinski definition) is 0. The number of fused-ring (bicyclic) bond motifs is 1. The standard InChI is InChI=1S/C30H47NO4/c1-3-5-7-8-9-10-11-12-13-14-15-20-29(32)25(17-6-4-2)18-16-19-28-24-26-23-27(31(33)34)21-22-30(26)35-28/h21-25H,3-20H2,1-2H3. The van der Waals surface area contributed by atoms with Gasteiger partial charge in [-0.15, -0.1) is 0 Å². The molecule has 2 aromatic rings. The molecule has 5 heteroatoms. The minimum Gasteiger partial charge on any atom is -0.461 e. The van der Waals surface area contributed by atoms with E-state index in [4.69, 9.17) is 4.42 Å². The average Bonchev–Trinajstić information content (AvgIpc) is 3.26. The van der Waals surface area contributed by atoms with Gasteiger partial charge in [0, 0.05) is 36.3 Å². The van der Waals surface area contributed by atoms with Crippen LogP contribution in [0.15, 0.2) is 28.7 Å². The highest BCUT2D eigenvalue weighted by atomic mass is 16.6. The Balaban J connectivity index is 1.66. The number of rotatable bonds is 21. The summed E-state index contributed by atoms with van der Waals surface area (Å²) in [6.07, 6.45) is 20.8. The monoisotopic (exact) mass is 485 g/mol. The fourth-order valence-electron chi connectivity index (χ4n) is 4.93. The lowest BCUT2D eigenvalue weighted by Crippen LogP contribution is -2.15. The summed E-state index contributed by atoms with van der Waals surface area (Å²) in [5.74, 6) is 1.44. The van der Waals surface area contributed by atoms with Crippen LogP contribution in [0, 0.1) is 16.0 Å². The Morgan fingerprint density at radius 3 is 2.06 bits per heavy atom. The van der Waals surface area contributed by atoms with Crippen molar-refractivity contribution in [1.29, 1.82) is 0 Å². The van der Waals surface area contributed by atoms with Gasteiger partial charge in [-0.3, -0.25) is 14.9 Å². The van der Waals surface area contributed by atoms with Crippen molar-refractivity contribution in [3.63, 3.8) is 0 Å². The van der Waals surface area contributed by atoms with Crippen LogP contribution in [0.1, 0.15) is 129 Å². The molecule has 0 bridgehead atoms. The highest BCUT2D eigenvalue weighted by Gasteiger charge is 2.18. The van der Waals surface area contributed by atoms with Crippen molar-refractivity contribution in [2.75, 3.05) is 0 Å². The van der Waals surface area contributed by atoms with Crippen molar-refractivity contribution in [3.05, 3.63) is 40.1 Å². The van der Waals surface area contributed by atoms with Crippen LogP contribution in [0.3, 0.4) is 0 Å². The van der Waals surface area contributed by atoms with E-state index in [2.05, 4.69) is 13.8 Å². The van der Waals surface area contributed by atoms with Crippen LogP contribution in [0.2, 0.25) is 0 Å². The van der Waals surface area contributed by atoms with Crippen LogP contribution >= 0.6 is 0 Å². The third-order valence-corrected chi connectivity index (χ3v) is 7.13. The molecular formula is C30H47NO4. The van der Waals surface area contributed by atoms with E-state index in [1.165, 1.54) is 70.3 Å². The second kappa shape index (κ2) is 17.3. The van der Waals surface area contributed by atoms with E-state index in [1.807, 2.05) is 6.07 Å². The van der Waals surface area contributed by atoms with E-state index < -0.39 is 0 Å².